The summed E-state index contributed by atoms with van der Waals surface area (Å²) in [5.41, 5.74) is 1.52. The number of fused-ring (bicyclic) bond motifs is 1. The first-order chi connectivity index (χ1) is 6.13. The Kier molecular flexibility index (Phi) is 1.90. The minimum atomic E-state index is 0.168. The molecule has 0 amide bonds. The predicted octanol–water partition coefficient (Wildman–Crippen LogP) is 2.88. The molecule has 13 heavy (non-hydrogen) atoms. The Morgan fingerprint density at radius 2 is 2.31 bits per heavy atom. The molecule has 0 aromatic carbocycles. The summed E-state index contributed by atoms with van der Waals surface area (Å²) >= 11 is 0. The summed E-state index contributed by atoms with van der Waals surface area (Å²) in [6.45, 7) is 4.54. The van der Waals surface area contributed by atoms with Gasteiger partial charge in [0.15, 0.2) is 5.78 Å². The maximum Gasteiger partial charge on any atom is 0.178 e. The smallest absolute Gasteiger partial charge is 0.178 e. The Balaban J connectivity index is 2.39. The van der Waals surface area contributed by atoms with Crippen LogP contribution in [0.15, 0.2) is 23.8 Å². The van der Waals surface area contributed by atoms with Crippen LogP contribution in [0.1, 0.15) is 33.1 Å². The second kappa shape index (κ2) is 2.83. The molecule has 2 aliphatic carbocycles. The fourth-order valence-electron chi connectivity index (χ4n) is 2.46. The molecule has 0 unspecified atom stereocenters. The maximum atomic E-state index is 11.2. The van der Waals surface area contributed by atoms with Gasteiger partial charge in [0.1, 0.15) is 0 Å². The van der Waals surface area contributed by atoms with Crippen LogP contribution in [0.25, 0.3) is 0 Å². The lowest BCUT2D eigenvalue weighted by Gasteiger charge is -2.41. The first-order valence-corrected chi connectivity index (χ1v) is 5.07. The van der Waals surface area contributed by atoms with Crippen LogP contribution in [0.5, 0.6) is 0 Å². The quantitative estimate of drug-likeness (QED) is 0.554. The number of hydrogen-bond acceptors (Lipinski definition) is 1. The third-order valence-electron chi connectivity index (χ3n) is 3.71. The highest BCUT2D eigenvalue weighted by Crippen LogP contribution is 2.47. The van der Waals surface area contributed by atoms with Crippen molar-refractivity contribution in [2.75, 3.05) is 0 Å². The molecule has 0 spiro atoms. The molecule has 0 bridgehead atoms. The molecule has 0 heterocycles. The minimum absolute atomic E-state index is 0.168. The zero-order valence-electron chi connectivity index (χ0n) is 8.34. The molecular weight excluding hydrogens is 160 g/mol. The van der Waals surface area contributed by atoms with Crippen molar-refractivity contribution < 1.29 is 4.79 Å². The first kappa shape index (κ1) is 8.74. The highest BCUT2D eigenvalue weighted by molar-refractivity contribution is 6.01. The maximum absolute atomic E-state index is 11.2. The Morgan fingerprint density at radius 3 is 3.08 bits per heavy atom. The summed E-state index contributed by atoms with van der Waals surface area (Å²) in [6, 6.07) is 0. The highest BCUT2D eigenvalue weighted by atomic mass is 16.1. The summed E-state index contributed by atoms with van der Waals surface area (Å²) < 4.78 is 0. The van der Waals surface area contributed by atoms with Crippen LogP contribution in [0.3, 0.4) is 0 Å². The van der Waals surface area contributed by atoms with Gasteiger partial charge in [-0.25, -0.2) is 0 Å². The number of carbonyl (C=O) groups is 1. The Morgan fingerprint density at radius 1 is 1.54 bits per heavy atom. The van der Waals surface area contributed by atoms with E-state index in [-0.39, 0.29) is 11.2 Å². The van der Waals surface area contributed by atoms with Gasteiger partial charge in [-0.2, -0.15) is 0 Å². The summed E-state index contributed by atoms with van der Waals surface area (Å²) in [6.07, 6.45) is 9.31. The highest BCUT2D eigenvalue weighted by Gasteiger charge is 2.37. The number of rotatable bonds is 0. The molecule has 1 saturated carbocycles. The lowest BCUT2D eigenvalue weighted by Crippen LogP contribution is -2.31. The van der Waals surface area contributed by atoms with E-state index in [1.807, 2.05) is 6.08 Å². The number of allylic oxidation sites excluding steroid dienone is 4. The molecule has 70 valence electrons. The standard InChI is InChI=1S/C12H16O/c1-9-4-3-5-10-8-11(13)6-7-12(9,10)2/h6-9H,3-5H2,1-2H3/t9-,12+/m0/s1. The number of carbonyl (C=O) groups excluding carboxylic acids is 1. The monoisotopic (exact) mass is 176 g/mol. The van der Waals surface area contributed by atoms with Crippen molar-refractivity contribution in [1.29, 1.82) is 0 Å². The zero-order valence-corrected chi connectivity index (χ0v) is 8.34. The van der Waals surface area contributed by atoms with Crippen LogP contribution in [-0.2, 0) is 4.79 Å². The predicted molar refractivity (Wildman–Crippen MR) is 53.4 cm³/mol. The van der Waals surface area contributed by atoms with E-state index >= 15 is 0 Å². The van der Waals surface area contributed by atoms with Gasteiger partial charge in [0.05, 0.1) is 0 Å². The fraction of sp³-hybridized carbons (Fsp3) is 0.583. The zero-order chi connectivity index (χ0) is 9.47. The Labute approximate surface area is 79.5 Å². The molecule has 0 radical (unpaired) electrons. The average molecular weight is 176 g/mol. The van der Waals surface area contributed by atoms with Crippen LogP contribution in [0.4, 0.5) is 0 Å². The van der Waals surface area contributed by atoms with Gasteiger partial charge in [-0.05, 0) is 37.3 Å². The molecule has 0 N–H and O–H groups in total. The Bertz CT molecular complexity index is 298. The summed E-state index contributed by atoms with van der Waals surface area (Å²) in [4.78, 5) is 11.2. The van der Waals surface area contributed by atoms with Crippen molar-refractivity contribution in [1.82, 2.24) is 0 Å². The fourth-order valence-corrected chi connectivity index (χ4v) is 2.46. The molecule has 2 aliphatic rings. The Hall–Kier alpha value is -0.850. The van der Waals surface area contributed by atoms with E-state index in [4.69, 9.17) is 0 Å². The van der Waals surface area contributed by atoms with Gasteiger partial charge in [-0.1, -0.05) is 25.5 Å². The average Bonchev–Trinajstić information content (AvgIpc) is 2.09. The van der Waals surface area contributed by atoms with E-state index in [1.165, 1.54) is 18.4 Å². The van der Waals surface area contributed by atoms with Gasteiger partial charge >= 0.3 is 0 Å². The van der Waals surface area contributed by atoms with Crippen molar-refractivity contribution in [2.24, 2.45) is 11.3 Å². The van der Waals surface area contributed by atoms with Crippen molar-refractivity contribution in [3.8, 4) is 0 Å². The van der Waals surface area contributed by atoms with E-state index in [0.29, 0.717) is 5.92 Å². The van der Waals surface area contributed by atoms with Gasteiger partial charge in [-0.15, -0.1) is 0 Å². The van der Waals surface area contributed by atoms with E-state index in [2.05, 4.69) is 19.9 Å². The van der Waals surface area contributed by atoms with Crippen molar-refractivity contribution in [2.45, 2.75) is 33.1 Å². The van der Waals surface area contributed by atoms with Crippen molar-refractivity contribution in [3.05, 3.63) is 23.8 Å². The molecule has 0 aromatic rings. The van der Waals surface area contributed by atoms with Gasteiger partial charge in [0, 0.05) is 5.41 Å². The number of hydrogen-bond donors (Lipinski definition) is 0. The minimum Gasteiger partial charge on any atom is -0.290 e. The van der Waals surface area contributed by atoms with Crippen LogP contribution < -0.4 is 0 Å². The number of ketones is 1. The van der Waals surface area contributed by atoms with Crippen molar-refractivity contribution in [3.63, 3.8) is 0 Å². The van der Waals surface area contributed by atoms with E-state index in [9.17, 15) is 4.79 Å². The first-order valence-electron chi connectivity index (χ1n) is 5.07. The van der Waals surface area contributed by atoms with Crippen LogP contribution >= 0.6 is 0 Å². The summed E-state index contributed by atoms with van der Waals surface area (Å²) in [5.74, 6) is 0.846. The summed E-state index contributed by atoms with van der Waals surface area (Å²) in [7, 11) is 0. The second-order valence-corrected chi connectivity index (χ2v) is 4.48. The van der Waals surface area contributed by atoms with Gasteiger partial charge in [0.2, 0.25) is 0 Å². The lowest BCUT2D eigenvalue weighted by molar-refractivity contribution is -0.110. The molecule has 2 atom stereocenters. The van der Waals surface area contributed by atoms with E-state index in [0.717, 1.165) is 6.42 Å². The van der Waals surface area contributed by atoms with Gasteiger partial charge in [-0.3, -0.25) is 4.79 Å². The molecule has 1 nitrogen and oxygen atoms in total. The third kappa shape index (κ3) is 1.27. The topological polar surface area (TPSA) is 17.1 Å². The van der Waals surface area contributed by atoms with Crippen LogP contribution in [-0.4, -0.2) is 5.78 Å². The molecule has 0 aromatic heterocycles. The molecule has 2 rings (SSSR count). The molecule has 1 heteroatoms. The van der Waals surface area contributed by atoms with Gasteiger partial charge < -0.3 is 0 Å². The van der Waals surface area contributed by atoms with Crippen LogP contribution in [0.2, 0.25) is 0 Å². The molecule has 1 fully saturated rings. The van der Waals surface area contributed by atoms with Crippen molar-refractivity contribution >= 4 is 5.78 Å². The largest absolute Gasteiger partial charge is 0.290 e. The second-order valence-electron chi connectivity index (χ2n) is 4.48. The normalized spacial score (nSPS) is 38.5. The SMILES string of the molecule is C[C@H]1CCCC2=CC(=O)C=C[C@@]21C. The molecule has 0 aliphatic heterocycles. The lowest BCUT2D eigenvalue weighted by atomic mass is 9.63. The van der Waals surface area contributed by atoms with E-state index < -0.39 is 0 Å². The molecular formula is C12H16O. The third-order valence-corrected chi connectivity index (χ3v) is 3.71. The van der Waals surface area contributed by atoms with Crippen LogP contribution in [0, 0.1) is 11.3 Å². The van der Waals surface area contributed by atoms with Gasteiger partial charge in [0.25, 0.3) is 0 Å². The molecule has 0 saturated heterocycles. The summed E-state index contributed by atoms with van der Waals surface area (Å²) in [5, 5.41) is 0. The van der Waals surface area contributed by atoms with E-state index in [1.54, 1.807) is 6.08 Å².